The van der Waals surface area contributed by atoms with Crippen LogP contribution >= 0.6 is 0 Å². The molecular weight excluding hydrogens is 831 g/mol. The van der Waals surface area contributed by atoms with Crippen LogP contribution in [0.1, 0.15) is 22.3 Å². The first kappa shape index (κ1) is 50.1. The van der Waals surface area contributed by atoms with Crippen molar-refractivity contribution in [2.75, 3.05) is 61.5 Å². The van der Waals surface area contributed by atoms with Crippen molar-refractivity contribution in [3.05, 3.63) is 92.5 Å². The van der Waals surface area contributed by atoms with Gasteiger partial charge in [0.05, 0.1) is 29.5 Å². The van der Waals surface area contributed by atoms with E-state index in [4.69, 9.17) is 55.4 Å². The summed E-state index contributed by atoms with van der Waals surface area (Å²) in [5, 5.41) is 69.1. The van der Waals surface area contributed by atoms with Gasteiger partial charge in [0.25, 0.3) is 0 Å². The van der Waals surface area contributed by atoms with Crippen LogP contribution in [-0.4, -0.2) is 91.5 Å². The molecule has 0 saturated heterocycles. The van der Waals surface area contributed by atoms with Crippen molar-refractivity contribution in [2.45, 2.75) is 26.9 Å². The largest absolute Gasteiger partial charge is 3.00 e. The summed E-state index contributed by atoms with van der Waals surface area (Å²) in [6.07, 6.45) is 0. The molecule has 0 aliphatic carbocycles. The minimum Gasteiger partial charge on any atom is -0.870 e. The Labute approximate surface area is 317 Å². The maximum Gasteiger partial charge on any atom is 3.00 e. The third kappa shape index (κ3) is 25.5. The van der Waals surface area contributed by atoms with Crippen LogP contribution in [0, 0.1) is 107 Å². The molecule has 46 heavy (non-hydrogen) atoms. The summed E-state index contributed by atoms with van der Waals surface area (Å²) < 4.78 is 10.4. The second-order valence-corrected chi connectivity index (χ2v) is 9.36. The average molecular weight is 868 g/mol. The van der Waals surface area contributed by atoms with Gasteiger partial charge in [0.1, 0.15) is 11.5 Å². The normalized spacial score (nSPS) is 9.61. The number of hydrogen-bond acceptors (Lipinski definition) is 16. The number of likely N-dealkylation sites (N-methyl/N-ethyl adjacent to an activating group) is 3. The van der Waals surface area contributed by atoms with E-state index in [1.807, 2.05) is 40.1 Å². The molecule has 1 radical (unpaired) electrons. The Hall–Kier alpha value is -2.74. The molecule has 2 aromatic rings. The summed E-state index contributed by atoms with van der Waals surface area (Å²) in [5.74, 6) is 0.734. The van der Waals surface area contributed by atoms with Crippen LogP contribution in [0.25, 0.3) is 0 Å². The van der Waals surface area contributed by atoms with Crippen molar-refractivity contribution in [2.24, 2.45) is 0 Å². The molecule has 0 aromatic heterocycles. The molecule has 0 heterocycles. The first-order valence-corrected chi connectivity index (χ1v) is 12.5. The zero-order chi connectivity index (χ0) is 34.6. The minimum absolute atomic E-state index is 0. The molecule has 0 aliphatic heterocycles. The fraction of sp³-hybridized carbons (Fsp3) is 0.520. The van der Waals surface area contributed by atoms with Crippen LogP contribution in [0.4, 0.5) is 0 Å². The minimum atomic E-state index is -1.75. The standard InChI is InChI=1S/C25H39N3O4.3NO3.Yb.Zn/c1-18-12-20(24(29)22(14-18)31-6)16-27(4)10-8-26(3)9-11-28(5)17-21-13-19(2)15-23(32-7)25(21)30;3*2-1(3)4;;/h12-15,29-30H,8-11,16-17H2,1-7H3;;;;;/q;3*-1;+3;+2/p-2. The Morgan fingerprint density at radius 3 is 1.07 bits per heavy atom. The Balaban J connectivity index is -0.000000540. The summed E-state index contributed by atoms with van der Waals surface area (Å²) in [6.45, 7) is 8.57. The Morgan fingerprint density at radius 1 is 0.587 bits per heavy atom. The molecule has 0 fully saturated rings. The maximum absolute atomic E-state index is 12.4. The van der Waals surface area contributed by atoms with E-state index >= 15 is 0 Å². The molecular formula is C25H37N6O13YbZn. The van der Waals surface area contributed by atoms with Gasteiger partial charge in [0, 0.05) is 39.3 Å². The van der Waals surface area contributed by atoms with E-state index in [2.05, 4.69) is 21.7 Å². The fourth-order valence-electron chi connectivity index (χ4n) is 3.70. The average Bonchev–Trinajstić information content (AvgIpc) is 2.89. The molecule has 2 rings (SSSR count). The van der Waals surface area contributed by atoms with E-state index in [9.17, 15) is 10.2 Å². The Kier molecular flexibility index (Phi) is 29.8. The van der Waals surface area contributed by atoms with Gasteiger partial charge in [-0.2, -0.15) is 0 Å². The van der Waals surface area contributed by atoms with Gasteiger partial charge in [-0.3, -0.25) is 0 Å². The number of rotatable bonds is 12. The summed E-state index contributed by atoms with van der Waals surface area (Å²) in [5.41, 5.74) is 3.57. The first-order chi connectivity index (χ1) is 20.3. The summed E-state index contributed by atoms with van der Waals surface area (Å²) >= 11 is 0. The van der Waals surface area contributed by atoms with Crippen molar-refractivity contribution in [3.8, 4) is 23.0 Å². The molecule has 0 aliphatic rings. The van der Waals surface area contributed by atoms with E-state index in [-0.39, 0.29) is 77.9 Å². The molecule has 0 atom stereocenters. The Bertz CT molecular complexity index is 1090. The molecule has 0 amide bonds. The third-order valence-electron chi connectivity index (χ3n) is 5.60. The zero-order valence-electron chi connectivity index (χ0n) is 26.5. The SMILES string of the molecule is COc1cc(C)cc(CN(C)CCN(C)CCN(C)Cc2cc(C)cc(OC)c2[O-])c1[O-].O=[N+]([O-])[O-].O=[N+]([O-])[O-].O=[N+]([O-])[O-].[Yb+3].[Zn+2]. The van der Waals surface area contributed by atoms with Gasteiger partial charge in [0.2, 0.25) is 0 Å². The van der Waals surface area contributed by atoms with Crippen LogP contribution in [-0.2, 0) is 32.6 Å². The van der Waals surface area contributed by atoms with Gasteiger partial charge in [-0.05, 0) is 69.4 Å². The maximum atomic E-state index is 12.4. The van der Waals surface area contributed by atoms with Crippen molar-refractivity contribution >= 4 is 0 Å². The van der Waals surface area contributed by atoms with E-state index in [1.54, 1.807) is 12.1 Å². The van der Waals surface area contributed by atoms with Crippen LogP contribution in [0.2, 0.25) is 0 Å². The van der Waals surface area contributed by atoms with Gasteiger partial charge in [-0.25, -0.2) is 0 Å². The van der Waals surface area contributed by atoms with E-state index in [0.717, 1.165) is 48.4 Å². The molecule has 0 bridgehead atoms. The zero-order valence-corrected chi connectivity index (χ0v) is 31.2. The third-order valence-corrected chi connectivity index (χ3v) is 5.60. The summed E-state index contributed by atoms with van der Waals surface area (Å²) in [4.78, 5) is 31.3. The van der Waals surface area contributed by atoms with E-state index < -0.39 is 15.3 Å². The quantitative estimate of drug-likeness (QED) is 0.165. The van der Waals surface area contributed by atoms with Gasteiger partial charge >= 0.3 is 66.4 Å². The second-order valence-electron chi connectivity index (χ2n) is 9.36. The van der Waals surface area contributed by atoms with Crippen LogP contribution in [0.3, 0.4) is 0 Å². The monoisotopic (exact) mass is 867 g/mol. The smallest absolute Gasteiger partial charge is 0.870 e. The number of ether oxygens (including phenoxy) is 2. The van der Waals surface area contributed by atoms with Crippen LogP contribution in [0.5, 0.6) is 23.0 Å². The van der Waals surface area contributed by atoms with Crippen molar-refractivity contribution in [1.29, 1.82) is 0 Å². The predicted octanol–water partition coefficient (Wildman–Crippen LogP) is 1.24. The first-order valence-electron chi connectivity index (χ1n) is 12.5. The number of methoxy groups -OCH3 is 2. The number of nitrogens with zero attached hydrogens (tertiary/aromatic N) is 6. The molecule has 19 nitrogen and oxygen atoms in total. The number of benzene rings is 2. The Morgan fingerprint density at radius 2 is 0.826 bits per heavy atom. The van der Waals surface area contributed by atoms with Crippen molar-refractivity contribution < 1.29 is 101 Å². The predicted molar refractivity (Wildman–Crippen MR) is 156 cm³/mol. The molecule has 261 valence electrons. The summed E-state index contributed by atoms with van der Waals surface area (Å²) in [6, 6.07) is 7.42. The van der Waals surface area contributed by atoms with Crippen molar-refractivity contribution in [3.63, 3.8) is 0 Å². The van der Waals surface area contributed by atoms with Crippen LogP contribution in [0.15, 0.2) is 24.3 Å². The molecule has 0 N–H and O–H groups in total. The fourth-order valence-corrected chi connectivity index (χ4v) is 3.70. The van der Waals surface area contributed by atoms with Gasteiger partial charge in [-0.1, -0.05) is 23.6 Å². The number of aryl methyl sites for hydroxylation is 2. The summed E-state index contributed by atoms with van der Waals surface area (Å²) in [7, 11) is 9.20. The topological polar surface area (TPSA) is 273 Å². The molecule has 21 heteroatoms. The molecule has 0 unspecified atom stereocenters. The van der Waals surface area contributed by atoms with Gasteiger partial charge in [-0.15, -0.1) is 0 Å². The van der Waals surface area contributed by atoms with Crippen molar-refractivity contribution in [1.82, 2.24) is 14.7 Å². The van der Waals surface area contributed by atoms with E-state index in [1.165, 1.54) is 14.2 Å². The second kappa shape index (κ2) is 27.4. The van der Waals surface area contributed by atoms with E-state index in [0.29, 0.717) is 24.6 Å². The molecule has 0 saturated carbocycles. The van der Waals surface area contributed by atoms with Gasteiger partial charge < -0.3 is 80.4 Å². The molecule has 0 spiro atoms. The number of hydrogen-bond donors (Lipinski definition) is 0. The molecule has 2 aromatic carbocycles. The van der Waals surface area contributed by atoms with Crippen LogP contribution < -0.4 is 19.7 Å². The van der Waals surface area contributed by atoms with Gasteiger partial charge in [0.15, 0.2) is 0 Å².